The molecule has 0 spiro atoms. The minimum absolute atomic E-state index is 0.607. The van der Waals surface area contributed by atoms with Gasteiger partial charge in [0.25, 0.3) is 0 Å². The molecule has 3 heteroatoms. The summed E-state index contributed by atoms with van der Waals surface area (Å²) < 4.78 is 1.32. The van der Waals surface area contributed by atoms with Crippen LogP contribution in [0.25, 0.3) is 0 Å². The fraction of sp³-hybridized carbons (Fsp3) is 0.600. The van der Waals surface area contributed by atoms with E-state index in [1.54, 1.807) is 0 Å². The van der Waals surface area contributed by atoms with Gasteiger partial charge in [-0.25, -0.2) is 0 Å². The summed E-state index contributed by atoms with van der Waals surface area (Å²) in [6.45, 7) is 0. The maximum atomic E-state index is 3.47. The zero-order valence-electron chi connectivity index (χ0n) is 11.0. The molecule has 1 N–H and O–H groups in total. The monoisotopic (exact) mass is 375 g/mol. The van der Waals surface area contributed by atoms with Gasteiger partial charge < -0.3 is 5.32 Å². The molecule has 100 valence electrons. The first-order valence-electron chi connectivity index (χ1n) is 6.81. The Balaban J connectivity index is 1.79. The van der Waals surface area contributed by atoms with E-state index < -0.39 is 0 Å². The summed E-state index contributed by atoms with van der Waals surface area (Å²) in [7, 11) is 2.09. The smallest absolute Gasteiger partial charge is 0.0195 e. The molecule has 0 saturated heterocycles. The summed E-state index contributed by atoms with van der Waals surface area (Å²) in [6, 6.07) is 9.52. The Hall–Kier alpha value is 0.260. The van der Waals surface area contributed by atoms with Crippen LogP contribution in [0.1, 0.15) is 31.2 Å². The van der Waals surface area contributed by atoms with Crippen molar-refractivity contribution in [1.29, 1.82) is 0 Å². The molecule has 1 atom stereocenters. The SMILES string of the molecule is CNC(CSC1CCCC1)Cc1ccc(I)cc1. The molecule has 2 rings (SSSR count). The molecule has 1 unspecified atom stereocenters. The van der Waals surface area contributed by atoms with Gasteiger partial charge in [-0.15, -0.1) is 0 Å². The first kappa shape index (κ1) is 14.7. The summed E-state index contributed by atoms with van der Waals surface area (Å²) in [5, 5.41) is 4.39. The summed E-state index contributed by atoms with van der Waals surface area (Å²) >= 11 is 4.54. The molecule has 1 aromatic rings. The third-order valence-electron chi connectivity index (χ3n) is 3.64. The largest absolute Gasteiger partial charge is 0.316 e. The maximum absolute atomic E-state index is 3.47. The van der Waals surface area contributed by atoms with Crippen molar-refractivity contribution in [1.82, 2.24) is 5.32 Å². The van der Waals surface area contributed by atoms with Crippen LogP contribution in [0.15, 0.2) is 24.3 Å². The fourth-order valence-corrected chi connectivity index (χ4v) is 4.27. The highest BCUT2D eigenvalue weighted by atomic mass is 127. The van der Waals surface area contributed by atoms with Gasteiger partial charge in [0.1, 0.15) is 0 Å². The summed E-state index contributed by atoms with van der Waals surface area (Å²) in [6.07, 6.45) is 6.90. The van der Waals surface area contributed by atoms with E-state index in [0.29, 0.717) is 6.04 Å². The van der Waals surface area contributed by atoms with Crippen molar-refractivity contribution >= 4 is 34.4 Å². The van der Waals surface area contributed by atoms with Crippen LogP contribution >= 0.6 is 34.4 Å². The van der Waals surface area contributed by atoms with Crippen molar-refractivity contribution in [2.24, 2.45) is 0 Å². The zero-order valence-corrected chi connectivity index (χ0v) is 14.0. The number of hydrogen-bond donors (Lipinski definition) is 1. The second-order valence-corrected chi connectivity index (χ2v) is 7.63. The topological polar surface area (TPSA) is 12.0 Å². The molecule has 1 aromatic carbocycles. The number of benzene rings is 1. The quantitative estimate of drug-likeness (QED) is 0.752. The van der Waals surface area contributed by atoms with E-state index in [-0.39, 0.29) is 0 Å². The van der Waals surface area contributed by atoms with Crippen LogP contribution in [-0.2, 0) is 6.42 Å². The number of likely N-dealkylation sites (N-methyl/N-ethyl adjacent to an activating group) is 1. The third kappa shape index (κ3) is 4.74. The summed E-state index contributed by atoms with van der Waals surface area (Å²) in [5.74, 6) is 1.24. The van der Waals surface area contributed by atoms with Gasteiger partial charge in [-0.3, -0.25) is 0 Å². The highest BCUT2D eigenvalue weighted by molar-refractivity contribution is 14.1. The van der Waals surface area contributed by atoms with E-state index in [4.69, 9.17) is 0 Å². The molecule has 0 heterocycles. The minimum Gasteiger partial charge on any atom is -0.316 e. The van der Waals surface area contributed by atoms with Crippen molar-refractivity contribution < 1.29 is 0 Å². The number of thioether (sulfide) groups is 1. The molecular weight excluding hydrogens is 353 g/mol. The first-order chi connectivity index (χ1) is 8.78. The Morgan fingerprint density at radius 2 is 1.94 bits per heavy atom. The molecular formula is C15H22INS. The first-order valence-corrected chi connectivity index (χ1v) is 8.94. The molecule has 1 nitrogen and oxygen atoms in total. The van der Waals surface area contributed by atoms with Crippen molar-refractivity contribution in [2.45, 2.75) is 43.4 Å². The number of halogens is 1. The molecule has 0 radical (unpaired) electrons. The summed E-state index contributed by atoms with van der Waals surface area (Å²) in [5.41, 5.74) is 1.45. The van der Waals surface area contributed by atoms with Crippen LogP contribution in [0.4, 0.5) is 0 Å². The average Bonchev–Trinajstić information content (AvgIpc) is 2.90. The van der Waals surface area contributed by atoms with Gasteiger partial charge in [0.2, 0.25) is 0 Å². The molecule has 1 aliphatic carbocycles. The average molecular weight is 375 g/mol. The Kier molecular flexibility index (Phi) is 6.32. The Labute approximate surface area is 129 Å². The van der Waals surface area contributed by atoms with Gasteiger partial charge in [-0.05, 0) is 66.6 Å². The zero-order chi connectivity index (χ0) is 12.8. The highest BCUT2D eigenvalue weighted by Crippen LogP contribution is 2.30. The summed E-state index contributed by atoms with van der Waals surface area (Å²) in [4.78, 5) is 0. The van der Waals surface area contributed by atoms with Gasteiger partial charge in [0.05, 0.1) is 0 Å². The Bertz CT molecular complexity index is 346. The van der Waals surface area contributed by atoms with Gasteiger partial charge in [-0.2, -0.15) is 11.8 Å². The van der Waals surface area contributed by atoms with Crippen LogP contribution in [0.3, 0.4) is 0 Å². The lowest BCUT2D eigenvalue weighted by Crippen LogP contribution is -2.30. The molecule has 0 amide bonds. The van der Waals surface area contributed by atoms with E-state index in [0.717, 1.165) is 11.7 Å². The van der Waals surface area contributed by atoms with Crippen molar-refractivity contribution in [3.8, 4) is 0 Å². The van der Waals surface area contributed by atoms with E-state index in [1.807, 2.05) is 0 Å². The van der Waals surface area contributed by atoms with Crippen LogP contribution in [0.5, 0.6) is 0 Å². The standard InChI is InChI=1S/C15H22INS/c1-17-14(11-18-15-4-2-3-5-15)10-12-6-8-13(16)9-7-12/h6-9,14-15,17H,2-5,10-11H2,1H3. The van der Waals surface area contributed by atoms with E-state index in [2.05, 4.69) is 71.0 Å². The van der Waals surface area contributed by atoms with Crippen LogP contribution in [-0.4, -0.2) is 24.1 Å². The van der Waals surface area contributed by atoms with E-state index in [9.17, 15) is 0 Å². The lowest BCUT2D eigenvalue weighted by atomic mass is 10.1. The van der Waals surface area contributed by atoms with Gasteiger partial charge >= 0.3 is 0 Å². The predicted molar refractivity (Wildman–Crippen MR) is 90.4 cm³/mol. The fourth-order valence-electron chi connectivity index (χ4n) is 2.46. The van der Waals surface area contributed by atoms with E-state index >= 15 is 0 Å². The predicted octanol–water partition coefficient (Wildman–Crippen LogP) is 4.10. The normalized spacial score (nSPS) is 18.1. The Morgan fingerprint density at radius 3 is 2.56 bits per heavy atom. The van der Waals surface area contributed by atoms with Crippen molar-refractivity contribution in [2.75, 3.05) is 12.8 Å². The van der Waals surface area contributed by atoms with Crippen molar-refractivity contribution in [3.63, 3.8) is 0 Å². The second-order valence-electron chi connectivity index (χ2n) is 5.06. The van der Waals surface area contributed by atoms with Crippen LogP contribution < -0.4 is 5.32 Å². The Morgan fingerprint density at radius 1 is 1.28 bits per heavy atom. The number of rotatable bonds is 6. The third-order valence-corrected chi connectivity index (χ3v) is 5.90. The second kappa shape index (κ2) is 7.75. The molecule has 1 aliphatic rings. The minimum atomic E-state index is 0.607. The number of hydrogen-bond acceptors (Lipinski definition) is 2. The molecule has 18 heavy (non-hydrogen) atoms. The molecule has 0 aromatic heterocycles. The van der Waals surface area contributed by atoms with Gasteiger partial charge in [-0.1, -0.05) is 25.0 Å². The maximum Gasteiger partial charge on any atom is 0.0195 e. The van der Waals surface area contributed by atoms with Gasteiger partial charge in [0, 0.05) is 20.6 Å². The highest BCUT2D eigenvalue weighted by Gasteiger charge is 2.17. The van der Waals surface area contributed by atoms with Crippen molar-refractivity contribution in [3.05, 3.63) is 33.4 Å². The molecule has 1 fully saturated rings. The molecule has 0 aliphatic heterocycles. The van der Waals surface area contributed by atoms with E-state index in [1.165, 1.54) is 40.6 Å². The van der Waals surface area contributed by atoms with Gasteiger partial charge in [0.15, 0.2) is 0 Å². The van der Waals surface area contributed by atoms with Crippen LogP contribution in [0.2, 0.25) is 0 Å². The van der Waals surface area contributed by atoms with Crippen LogP contribution in [0, 0.1) is 3.57 Å². The molecule has 1 saturated carbocycles. The lowest BCUT2D eigenvalue weighted by molar-refractivity contribution is 0.615. The molecule has 0 bridgehead atoms. The lowest BCUT2D eigenvalue weighted by Gasteiger charge is -2.18. The number of nitrogens with one attached hydrogen (secondary N) is 1.